The van der Waals surface area contributed by atoms with Crippen LogP contribution in [-0.2, 0) is 11.3 Å². The minimum Gasteiger partial charge on any atom is -0.493 e. The molecule has 2 amide bonds. The maximum atomic E-state index is 13.5. The van der Waals surface area contributed by atoms with Crippen LogP contribution in [0, 0.1) is 12.7 Å². The second-order valence-corrected chi connectivity index (χ2v) is 5.35. The zero-order valence-electron chi connectivity index (χ0n) is 14.0. The monoisotopic (exact) mass is 346 g/mol. The van der Waals surface area contributed by atoms with Gasteiger partial charge in [-0.2, -0.15) is 0 Å². The summed E-state index contributed by atoms with van der Waals surface area (Å²) in [6, 6.07) is 9.40. The number of primary amides is 1. The van der Waals surface area contributed by atoms with E-state index in [1.807, 2.05) is 0 Å². The van der Waals surface area contributed by atoms with Crippen LogP contribution in [0.2, 0.25) is 0 Å². The van der Waals surface area contributed by atoms with Crippen molar-refractivity contribution in [1.29, 1.82) is 0 Å². The number of hydrogen-bond acceptors (Lipinski definition) is 4. The van der Waals surface area contributed by atoms with E-state index in [-0.39, 0.29) is 30.3 Å². The van der Waals surface area contributed by atoms with Gasteiger partial charge in [-0.05, 0) is 36.2 Å². The quantitative estimate of drug-likeness (QED) is 0.801. The number of hydrogen-bond donors (Lipinski definition) is 2. The third-order valence-corrected chi connectivity index (χ3v) is 3.54. The highest BCUT2D eigenvalue weighted by Crippen LogP contribution is 2.30. The normalized spacial score (nSPS) is 10.2. The summed E-state index contributed by atoms with van der Waals surface area (Å²) in [7, 11) is 1.42. The highest BCUT2D eigenvalue weighted by Gasteiger charge is 2.16. The Morgan fingerprint density at radius 2 is 2.00 bits per heavy atom. The first-order chi connectivity index (χ1) is 11.9. The SMILES string of the molecule is COc1cccc(C(N)=O)c1OCC(=O)NCc1ccc(C)c(F)c1. The largest absolute Gasteiger partial charge is 0.493 e. The molecule has 0 aliphatic rings. The van der Waals surface area contributed by atoms with Crippen molar-refractivity contribution in [3.8, 4) is 11.5 Å². The summed E-state index contributed by atoms with van der Waals surface area (Å²) in [6.45, 7) is 1.48. The molecule has 0 aromatic heterocycles. The molecule has 2 aromatic rings. The van der Waals surface area contributed by atoms with Crippen molar-refractivity contribution in [2.24, 2.45) is 5.73 Å². The number of aryl methyl sites for hydroxylation is 1. The first-order valence-electron chi connectivity index (χ1n) is 7.53. The number of para-hydroxylation sites is 1. The molecule has 0 saturated carbocycles. The lowest BCUT2D eigenvalue weighted by Crippen LogP contribution is -2.29. The number of halogens is 1. The molecule has 0 saturated heterocycles. The molecular formula is C18H19FN2O4. The van der Waals surface area contributed by atoms with Crippen molar-refractivity contribution < 1.29 is 23.5 Å². The Balaban J connectivity index is 1.98. The van der Waals surface area contributed by atoms with Gasteiger partial charge in [0.05, 0.1) is 12.7 Å². The third kappa shape index (κ3) is 4.69. The number of nitrogens with one attached hydrogen (secondary N) is 1. The van der Waals surface area contributed by atoms with Crippen LogP contribution in [0.5, 0.6) is 11.5 Å². The molecule has 0 unspecified atom stereocenters. The predicted octanol–water partition coefficient (Wildman–Crippen LogP) is 1.94. The Bertz CT molecular complexity index is 793. The fourth-order valence-corrected chi connectivity index (χ4v) is 2.16. The minimum absolute atomic E-state index is 0.106. The third-order valence-electron chi connectivity index (χ3n) is 3.54. The van der Waals surface area contributed by atoms with Gasteiger partial charge in [-0.1, -0.05) is 18.2 Å². The van der Waals surface area contributed by atoms with Gasteiger partial charge in [0.15, 0.2) is 18.1 Å². The molecule has 3 N–H and O–H groups in total. The van der Waals surface area contributed by atoms with E-state index in [2.05, 4.69) is 5.32 Å². The summed E-state index contributed by atoms with van der Waals surface area (Å²) in [5.41, 5.74) is 6.58. The Hall–Kier alpha value is -3.09. The van der Waals surface area contributed by atoms with Crippen LogP contribution in [0.3, 0.4) is 0 Å². The molecule has 0 bridgehead atoms. The highest BCUT2D eigenvalue weighted by molar-refractivity contribution is 5.96. The maximum Gasteiger partial charge on any atom is 0.258 e. The predicted molar refractivity (Wildman–Crippen MR) is 90.0 cm³/mol. The van der Waals surface area contributed by atoms with E-state index in [0.29, 0.717) is 16.9 Å². The van der Waals surface area contributed by atoms with Crippen LogP contribution in [0.4, 0.5) is 4.39 Å². The summed E-state index contributed by atoms with van der Waals surface area (Å²) in [5.74, 6) is -1.05. The second-order valence-electron chi connectivity index (χ2n) is 5.35. The van der Waals surface area contributed by atoms with Crippen LogP contribution in [0.25, 0.3) is 0 Å². The van der Waals surface area contributed by atoms with Crippen LogP contribution >= 0.6 is 0 Å². The van der Waals surface area contributed by atoms with Gasteiger partial charge in [0, 0.05) is 6.54 Å². The minimum atomic E-state index is -0.690. The highest BCUT2D eigenvalue weighted by atomic mass is 19.1. The summed E-state index contributed by atoms with van der Waals surface area (Å²) in [5, 5.41) is 2.61. The molecule has 7 heteroatoms. The van der Waals surface area contributed by atoms with E-state index < -0.39 is 11.8 Å². The molecule has 0 atom stereocenters. The summed E-state index contributed by atoms with van der Waals surface area (Å²) in [6.07, 6.45) is 0. The van der Waals surface area contributed by atoms with Gasteiger partial charge in [0.25, 0.3) is 11.8 Å². The van der Waals surface area contributed by atoms with Gasteiger partial charge >= 0.3 is 0 Å². The number of amides is 2. The van der Waals surface area contributed by atoms with Crippen molar-refractivity contribution in [3.05, 3.63) is 58.9 Å². The van der Waals surface area contributed by atoms with E-state index in [1.165, 1.54) is 19.2 Å². The number of methoxy groups -OCH3 is 1. The van der Waals surface area contributed by atoms with Gasteiger partial charge in [0.1, 0.15) is 5.82 Å². The molecule has 0 spiro atoms. The molecule has 132 valence electrons. The fraction of sp³-hybridized carbons (Fsp3) is 0.222. The Labute approximate surface area is 144 Å². The van der Waals surface area contributed by atoms with Crippen molar-refractivity contribution in [2.45, 2.75) is 13.5 Å². The summed E-state index contributed by atoms with van der Waals surface area (Å²) < 4.78 is 24.0. The van der Waals surface area contributed by atoms with E-state index in [1.54, 1.807) is 31.2 Å². The van der Waals surface area contributed by atoms with Crippen molar-refractivity contribution >= 4 is 11.8 Å². The van der Waals surface area contributed by atoms with Crippen molar-refractivity contribution in [1.82, 2.24) is 5.32 Å². The lowest BCUT2D eigenvalue weighted by atomic mass is 10.1. The number of carbonyl (C=O) groups excluding carboxylic acids is 2. The lowest BCUT2D eigenvalue weighted by molar-refractivity contribution is -0.123. The number of rotatable bonds is 7. The average Bonchev–Trinajstić information content (AvgIpc) is 2.60. The van der Waals surface area contributed by atoms with Gasteiger partial charge in [0.2, 0.25) is 0 Å². The van der Waals surface area contributed by atoms with Gasteiger partial charge in [-0.15, -0.1) is 0 Å². The molecule has 0 aliphatic carbocycles. The molecule has 0 heterocycles. The first kappa shape index (κ1) is 18.3. The standard InChI is InChI=1S/C18H19FN2O4/c1-11-6-7-12(8-14(11)19)9-21-16(22)10-25-17-13(18(20)23)4-3-5-15(17)24-2/h3-8H,9-10H2,1-2H3,(H2,20,23)(H,21,22). The number of ether oxygens (including phenoxy) is 2. The Morgan fingerprint density at radius 1 is 1.24 bits per heavy atom. The van der Waals surface area contributed by atoms with E-state index in [0.717, 1.165) is 0 Å². The topological polar surface area (TPSA) is 90.7 Å². The van der Waals surface area contributed by atoms with E-state index in [4.69, 9.17) is 15.2 Å². The molecule has 0 aliphatic heterocycles. The number of nitrogens with two attached hydrogens (primary N) is 1. The molecule has 0 fully saturated rings. The molecule has 6 nitrogen and oxygen atoms in total. The number of benzene rings is 2. The van der Waals surface area contributed by atoms with Crippen molar-refractivity contribution in [2.75, 3.05) is 13.7 Å². The van der Waals surface area contributed by atoms with Gasteiger partial charge in [-0.3, -0.25) is 9.59 Å². The number of carbonyl (C=O) groups is 2. The maximum absolute atomic E-state index is 13.5. The molecular weight excluding hydrogens is 327 g/mol. The first-order valence-corrected chi connectivity index (χ1v) is 7.53. The van der Waals surface area contributed by atoms with Crippen LogP contribution < -0.4 is 20.5 Å². The van der Waals surface area contributed by atoms with Crippen LogP contribution in [0.1, 0.15) is 21.5 Å². The fourth-order valence-electron chi connectivity index (χ4n) is 2.16. The lowest BCUT2D eigenvalue weighted by Gasteiger charge is -2.13. The van der Waals surface area contributed by atoms with Crippen molar-refractivity contribution in [3.63, 3.8) is 0 Å². The van der Waals surface area contributed by atoms with Gasteiger partial charge < -0.3 is 20.5 Å². The van der Waals surface area contributed by atoms with E-state index >= 15 is 0 Å². The summed E-state index contributed by atoms with van der Waals surface area (Å²) >= 11 is 0. The molecule has 2 aromatic carbocycles. The summed E-state index contributed by atoms with van der Waals surface area (Å²) in [4.78, 5) is 23.4. The van der Waals surface area contributed by atoms with E-state index in [9.17, 15) is 14.0 Å². The second kappa shape index (κ2) is 8.14. The van der Waals surface area contributed by atoms with Crippen LogP contribution in [-0.4, -0.2) is 25.5 Å². The molecule has 0 radical (unpaired) electrons. The van der Waals surface area contributed by atoms with Gasteiger partial charge in [-0.25, -0.2) is 4.39 Å². The smallest absolute Gasteiger partial charge is 0.258 e. The molecule has 2 rings (SSSR count). The average molecular weight is 346 g/mol. The Morgan fingerprint density at radius 3 is 2.64 bits per heavy atom. The zero-order valence-corrected chi connectivity index (χ0v) is 14.0. The zero-order chi connectivity index (χ0) is 18.4. The van der Waals surface area contributed by atoms with Crippen LogP contribution in [0.15, 0.2) is 36.4 Å². The Kier molecular flexibility index (Phi) is 5.94. The molecule has 25 heavy (non-hydrogen) atoms.